The van der Waals surface area contributed by atoms with Crippen LogP contribution in [0.25, 0.3) is 0 Å². The molecule has 2 rings (SSSR count). The molecule has 2 amide bonds. The number of anilines is 2. The van der Waals surface area contributed by atoms with E-state index in [0.717, 1.165) is 11.3 Å². The molecule has 0 radical (unpaired) electrons. The van der Waals surface area contributed by atoms with Crippen LogP contribution >= 0.6 is 23.1 Å². The van der Waals surface area contributed by atoms with E-state index in [2.05, 4.69) is 25.6 Å². The summed E-state index contributed by atoms with van der Waals surface area (Å²) in [6, 6.07) is 4.83. The summed E-state index contributed by atoms with van der Waals surface area (Å²) in [4.78, 5) is 23.1. The highest BCUT2D eigenvalue weighted by Gasteiger charge is 2.18. The van der Waals surface area contributed by atoms with E-state index in [-0.39, 0.29) is 16.9 Å². The molecule has 0 saturated carbocycles. The molecule has 1 unspecified atom stereocenters. The Balaban J connectivity index is 1.89. The molecule has 2 aromatic rings. The SMILES string of the molecule is COC(=O)C(C)Sc1nnc(NC(=O)Nc2ccc(F)cc2)s1. The van der Waals surface area contributed by atoms with Crippen LogP contribution < -0.4 is 10.6 Å². The van der Waals surface area contributed by atoms with E-state index in [0.29, 0.717) is 10.0 Å². The Morgan fingerprint density at radius 3 is 2.61 bits per heavy atom. The van der Waals surface area contributed by atoms with Crippen molar-refractivity contribution in [2.24, 2.45) is 0 Å². The number of halogens is 1. The lowest BCUT2D eigenvalue weighted by atomic mass is 10.3. The van der Waals surface area contributed by atoms with Gasteiger partial charge in [-0.25, -0.2) is 9.18 Å². The van der Waals surface area contributed by atoms with Gasteiger partial charge in [0, 0.05) is 5.69 Å². The number of esters is 1. The number of thioether (sulfide) groups is 1. The zero-order valence-electron chi connectivity index (χ0n) is 12.2. The third kappa shape index (κ3) is 5.18. The number of rotatable bonds is 5. The van der Waals surface area contributed by atoms with Crippen LogP contribution in [0.15, 0.2) is 28.6 Å². The van der Waals surface area contributed by atoms with E-state index < -0.39 is 11.3 Å². The monoisotopic (exact) mass is 356 g/mol. The number of carbonyl (C=O) groups excluding carboxylic acids is 2. The number of nitrogens with zero attached hydrogens (tertiary/aromatic N) is 2. The van der Waals surface area contributed by atoms with Crippen LogP contribution in [0, 0.1) is 5.82 Å². The molecule has 1 heterocycles. The van der Waals surface area contributed by atoms with E-state index in [1.165, 1.54) is 43.1 Å². The maximum absolute atomic E-state index is 12.8. The van der Waals surface area contributed by atoms with Gasteiger partial charge in [-0.2, -0.15) is 0 Å². The molecule has 122 valence electrons. The molecule has 1 atom stereocenters. The van der Waals surface area contributed by atoms with Gasteiger partial charge >= 0.3 is 12.0 Å². The number of hydrogen-bond acceptors (Lipinski definition) is 7. The fourth-order valence-corrected chi connectivity index (χ4v) is 3.38. The van der Waals surface area contributed by atoms with Crippen molar-refractivity contribution in [3.8, 4) is 0 Å². The van der Waals surface area contributed by atoms with E-state index >= 15 is 0 Å². The third-order valence-electron chi connectivity index (χ3n) is 2.54. The van der Waals surface area contributed by atoms with Crippen LogP contribution in [0.2, 0.25) is 0 Å². The molecule has 0 fully saturated rings. The maximum Gasteiger partial charge on any atom is 0.325 e. The number of hydrogen-bond donors (Lipinski definition) is 2. The van der Waals surface area contributed by atoms with Crippen molar-refractivity contribution in [1.82, 2.24) is 10.2 Å². The molecule has 23 heavy (non-hydrogen) atoms. The number of carbonyl (C=O) groups is 2. The summed E-state index contributed by atoms with van der Waals surface area (Å²) in [5.74, 6) is -0.754. The fraction of sp³-hybridized carbons (Fsp3) is 0.231. The van der Waals surface area contributed by atoms with E-state index in [1.54, 1.807) is 6.92 Å². The van der Waals surface area contributed by atoms with Crippen molar-refractivity contribution in [3.05, 3.63) is 30.1 Å². The lowest BCUT2D eigenvalue weighted by molar-refractivity contribution is -0.139. The van der Waals surface area contributed by atoms with Crippen LogP contribution in [0.5, 0.6) is 0 Å². The van der Waals surface area contributed by atoms with Crippen LogP contribution in [0.3, 0.4) is 0 Å². The number of aromatic nitrogens is 2. The highest BCUT2D eigenvalue weighted by atomic mass is 32.2. The molecular formula is C13H13FN4O3S2. The number of nitrogens with one attached hydrogen (secondary N) is 2. The number of urea groups is 1. The van der Waals surface area contributed by atoms with Gasteiger partial charge in [-0.3, -0.25) is 10.1 Å². The summed E-state index contributed by atoms with van der Waals surface area (Å²) in [5.41, 5.74) is 0.447. The normalized spacial score (nSPS) is 11.6. The molecular weight excluding hydrogens is 343 g/mol. The molecule has 0 aliphatic carbocycles. The molecule has 0 aliphatic heterocycles. The molecule has 0 bridgehead atoms. The molecule has 10 heteroatoms. The van der Waals surface area contributed by atoms with E-state index in [9.17, 15) is 14.0 Å². The standard InChI is InChI=1S/C13H13FN4O3S2/c1-7(10(19)21-2)22-13-18-17-12(23-13)16-11(20)15-9-5-3-8(14)4-6-9/h3-7H,1-2H3,(H2,15,16,17,20). The second-order valence-corrected chi connectivity index (χ2v) is 6.81. The Morgan fingerprint density at radius 2 is 1.96 bits per heavy atom. The van der Waals surface area contributed by atoms with Crippen molar-refractivity contribution < 1.29 is 18.7 Å². The van der Waals surface area contributed by atoms with Gasteiger partial charge in [-0.05, 0) is 31.2 Å². The van der Waals surface area contributed by atoms with Crippen molar-refractivity contribution in [3.63, 3.8) is 0 Å². The van der Waals surface area contributed by atoms with Crippen molar-refractivity contribution in [1.29, 1.82) is 0 Å². The third-order valence-corrected chi connectivity index (χ3v) is 4.54. The Bertz CT molecular complexity index is 693. The summed E-state index contributed by atoms with van der Waals surface area (Å²) in [6.45, 7) is 1.69. The van der Waals surface area contributed by atoms with Crippen LogP contribution in [-0.4, -0.2) is 34.6 Å². The Hall–Kier alpha value is -2.20. The minimum absolute atomic E-state index is 0.282. The van der Waals surface area contributed by atoms with Gasteiger partial charge in [0.05, 0.1) is 7.11 Å². The second-order valence-electron chi connectivity index (χ2n) is 4.24. The average Bonchev–Trinajstić information content (AvgIpc) is 2.95. The smallest absolute Gasteiger partial charge is 0.325 e. The fourth-order valence-electron chi connectivity index (χ4n) is 1.47. The minimum atomic E-state index is -0.523. The highest BCUT2D eigenvalue weighted by molar-refractivity contribution is 8.02. The van der Waals surface area contributed by atoms with Gasteiger partial charge in [0.2, 0.25) is 5.13 Å². The molecule has 0 saturated heterocycles. The lowest BCUT2D eigenvalue weighted by Gasteiger charge is -2.05. The average molecular weight is 356 g/mol. The molecule has 1 aromatic carbocycles. The summed E-state index contributed by atoms with van der Waals surface area (Å²) in [5, 5.41) is 12.6. The first kappa shape index (κ1) is 17.2. The van der Waals surface area contributed by atoms with Gasteiger partial charge in [0.15, 0.2) is 4.34 Å². The minimum Gasteiger partial charge on any atom is -0.468 e. The van der Waals surface area contributed by atoms with Gasteiger partial charge in [0.25, 0.3) is 0 Å². The zero-order chi connectivity index (χ0) is 16.8. The number of methoxy groups -OCH3 is 1. The van der Waals surface area contributed by atoms with Gasteiger partial charge in [-0.15, -0.1) is 10.2 Å². The lowest BCUT2D eigenvalue weighted by Crippen LogP contribution is -2.19. The van der Waals surface area contributed by atoms with E-state index in [4.69, 9.17) is 0 Å². The van der Waals surface area contributed by atoms with Crippen molar-refractivity contribution in [2.75, 3.05) is 17.7 Å². The summed E-state index contributed by atoms with van der Waals surface area (Å²) < 4.78 is 17.9. The van der Waals surface area contributed by atoms with Crippen LogP contribution in [0.4, 0.5) is 20.0 Å². The van der Waals surface area contributed by atoms with Crippen molar-refractivity contribution in [2.45, 2.75) is 16.5 Å². The van der Waals surface area contributed by atoms with Crippen LogP contribution in [-0.2, 0) is 9.53 Å². The first-order chi connectivity index (χ1) is 11.0. The van der Waals surface area contributed by atoms with Crippen molar-refractivity contribution >= 4 is 45.9 Å². The summed E-state index contributed by atoms with van der Waals surface area (Å²) in [7, 11) is 1.31. The number of amides is 2. The first-order valence-electron chi connectivity index (χ1n) is 6.39. The molecule has 0 spiro atoms. The molecule has 2 N–H and O–H groups in total. The predicted octanol–water partition coefficient (Wildman–Crippen LogP) is 2.97. The summed E-state index contributed by atoms with van der Waals surface area (Å²) in [6.07, 6.45) is 0. The van der Waals surface area contributed by atoms with Gasteiger partial charge in [0.1, 0.15) is 11.1 Å². The largest absolute Gasteiger partial charge is 0.468 e. The topological polar surface area (TPSA) is 93.2 Å². The molecule has 1 aromatic heterocycles. The Labute approximate surface area is 139 Å². The molecule has 0 aliphatic rings. The maximum atomic E-state index is 12.8. The number of benzene rings is 1. The Morgan fingerprint density at radius 1 is 1.26 bits per heavy atom. The van der Waals surface area contributed by atoms with Gasteiger partial charge in [-0.1, -0.05) is 23.1 Å². The van der Waals surface area contributed by atoms with Gasteiger partial charge < -0.3 is 10.1 Å². The molecule has 7 nitrogen and oxygen atoms in total. The summed E-state index contributed by atoms with van der Waals surface area (Å²) >= 11 is 2.32. The predicted molar refractivity (Wildman–Crippen MR) is 86.3 cm³/mol. The second kappa shape index (κ2) is 7.88. The Kier molecular flexibility index (Phi) is 5.88. The van der Waals surface area contributed by atoms with Crippen LogP contribution in [0.1, 0.15) is 6.92 Å². The highest BCUT2D eigenvalue weighted by Crippen LogP contribution is 2.29. The first-order valence-corrected chi connectivity index (χ1v) is 8.09. The van der Waals surface area contributed by atoms with E-state index in [1.807, 2.05) is 0 Å². The zero-order valence-corrected chi connectivity index (χ0v) is 13.8. The quantitative estimate of drug-likeness (QED) is 0.486. The number of ether oxygens (including phenoxy) is 1.